The van der Waals surface area contributed by atoms with Crippen LogP contribution < -0.4 is 0 Å². The number of hydrogen-bond acceptors (Lipinski definition) is 1. The molecular weight excluding hydrogens is 186 g/mol. The Morgan fingerprint density at radius 1 is 1.47 bits per heavy atom. The Morgan fingerprint density at radius 2 is 2.27 bits per heavy atom. The molecule has 0 saturated heterocycles. The highest BCUT2D eigenvalue weighted by atomic mass is 16.2. The van der Waals surface area contributed by atoms with E-state index >= 15 is 0 Å². The van der Waals surface area contributed by atoms with Gasteiger partial charge in [-0.3, -0.25) is 4.79 Å². The topological polar surface area (TPSA) is 20.3 Å². The van der Waals surface area contributed by atoms with Gasteiger partial charge in [-0.2, -0.15) is 0 Å². The summed E-state index contributed by atoms with van der Waals surface area (Å²) in [7, 11) is 0. The van der Waals surface area contributed by atoms with Crippen LogP contribution in [0.2, 0.25) is 0 Å². The molecule has 0 aromatic carbocycles. The fourth-order valence-corrected chi connectivity index (χ4v) is 1.57. The number of allylic oxidation sites excluding steroid dienone is 4. The molecule has 0 fully saturated rings. The highest BCUT2D eigenvalue weighted by Gasteiger charge is 2.08. The number of rotatable bonds is 4. The van der Waals surface area contributed by atoms with Crippen LogP contribution in [-0.4, -0.2) is 23.9 Å². The molecule has 1 aliphatic carbocycles. The molecule has 0 aromatic heterocycles. The van der Waals surface area contributed by atoms with Crippen molar-refractivity contribution in [2.75, 3.05) is 13.1 Å². The van der Waals surface area contributed by atoms with Gasteiger partial charge in [0.2, 0.25) is 5.91 Å². The van der Waals surface area contributed by atoms with Crippen LogP contribution in [0.3, 0.4) is 0 Å². The van der Waals surface area contributed by atoms with Gasteiger partial charge in [0.15, 0.2) is 0 Å². The maximum absolute atomic E-state index is 11.4. The highest BCUT2D eigenvalue weighted by Crippen LogP contribution is 2.07. The van der Waals surface area contributed by atoms with Crippen LogP contribution in [-0.2, 0) is 4.79 Å². The molecule has 1 aliphatic rings. The van der Waals surface area contributed by atoms with E-state index in [1.807, 2.05) is 4.90 Å². The minimum atomic E-state index is 0.152. The van der Waals surface area contributed by atoms with E-state index in [1.165, 1.54) is 5.57 Å². The number of carbonyl (C=O) groups excluding carboxylic acids is 1. The minimum Gasteiger partial charge on any atom is -0.339 e. The van der Waals surface area contributed by atoms with Crippen molar-refractivity contribution in [3.05, 3.63) is 36.0 Å². The number of carbonyl (C=O) groups is 1. The van der Waals surface area contributed by atoms with Crippen LogP contribution in [0.1, 0.15) is 26.7 Å². The molecule has 15 heavy (non-hydrogen) atoms. The molecule has 0 bridgehead atoms. The monoisotopic (exact) mass is 205 g/mol. The molecule has 0 unspecified atom stereocenters. The molecule has 0 saturated carbocycles. The molecule has 1 amide bonds. The summed E-state index contributed by atoms with van der Waals surface area (Å²) in [6, 6.07) is 0. The lowest BCUT2D eigenvalue weighted by Crippen LogP contribution is -2.31. The third-order valence-electron chi connectivity index (χ3n) is 2.36. The molecular formula is C13H19NO. The highest BCUT2D eigenvalue weighted by molar-refractivity contribution is 5.73. The van der Waals surface area contributed by atoms with Crippen molar-refractivity contribution >= 4 is 5.91 Å². The Morgan fingerprint density at radius 3 is 2.93 bits per heavy atom. The average Bonchev–Trinajstić information content (AvgIpc) is 2.45. The van der Waals surface area contributed by atoms with Gasteiger partial charge in [-0.25, -0.2) is 0 Å². The normalized spacial score (nSPS) is 14.7. The average molecular weight is 205 g/mol. The molecule has 0 N–H and O–H groups in total. The van der Waals surface area contributed by atoms with E-state index in [-0.39, 0.29) is 5.91 Å². The minimum absolute atomic E-state index is 0.152. The second kappa shape index (κ2) is 6.23. The van der Waals surface area contributed by atoms with Crippen LogP contribution >= 0.6 is 0 Å². The van der Waals surface area contributed by atoms with E-state index < -0.39 is 0 Å². The van der Waals surface area contributed by atoms with Crippen molar-refractivity contribution in [2.45, 2.75) is 26.7 Å². The summed E-state index contributed by atoms with van der Waals surface area (Å²) >= 11 is 0. The molecule has 2 heteroatoms. The van der Waals surface area contributed by atoms with E-state index in [0.717, 1.165) is 25.9 Å². The summed E-state index contributed by atoms with van der Waals surface area (Å²) in [5.41, 5.74) is 1.20. The molecule has 0 aromatic rings. The van der Waals surface area contributed by atoms with Gasteiger partial charge in [-0.15, -0.1) is 0 Å². The van der Waals surface area contributed by atoms with Gasteiger partial charge in [-0.1, -0.05) is 37.3 Å². The number of hydrogen-bond donors (Lipinski definition) is 0. The van der Waals surface area contributed by atoms with Crippen molar-refractivity contribution in [3.8, 4) is 0 Å². The zero-order valence-electron chi connectivity index (χ0n) is 9.57. The van der Waals surface area contributed by atoms with Crippen LogP contribution in [0.5, 0.6) is 0 Å². The third kappa shape index (κ3) is 4.15. The maximum Gasteiger partial charge on any atom is 0.219 e. The SMILES string of the molecule is CCCN(CC1=CC=CCC=C1)C(C)=O. The summed E-state index contributed by atoms with van der Waals surface area (Å²) < 4.78 is 0. The Hall–Kier alpha value is -1.31. The first-order valence-corrected chi connectivity index (χ1v) is 5.51. The zero-order chi connectivity index (χ0) is 11.1. The van der Waals surface area contributed by atoms with E-state index in [9.17, 15) is 4.79 Å². The van der Waals surface area contributed by atoms with E-state index in [2.05, 4.69) is 37.3 Å². The largest absolute Gasteiger partial charge is 0.339 e. The Balaban J connectivity index is 2.60. The lowest BCUT2D eigenvalue weighted by Gasteiger charge is -2.20. The smallest absolute Gasteiger partial charge is 0.219 e. The van der Waals surface area contributed by atoms with E-state index in [1.54, 1.807) is 6.92 Å². The van der Waals surface area contributed by atoms with Gasteiger partial charge in [0.05, 0.1) is 0 Å². The van der Waals surface area contributed by atoms with Gasteiger partial charge in [-0.05, 0) is 18.4 Å². The lowest BCUT2D eigenvalue weighted by atomic mass is 10.2. The predicted molar refractivity (Wildman–Crippen MR) is 63.5 cm³/mol. The van der Waals surface area contributed by atoms with Gasteiger partial charge in [0.25, 0.3) is 0 Å². The van der Waals surface area contributed by atoms with Crippen LogP contribution in [0, 0.1) is 0 Å². The van der Waals surface area contributed by atoms with Crippen molar-refractivity contribution in [3.63, 3.8) is 0 Å². The molecule has 0 spiro atoms. The predicted octanol–water partition coefficient (Wildman–Crippen LogP) is 2.69. The summed E-state index contributed by atoms with van der Waals surface area (Å²) in [6.45, 7) is 5.29. The lowest BCUT2D eigenvalue weighted by molar-refractivity contribution is -0.128. The summed E-state index contributed by atoms with van der Waals surface area (Å²) in [5.74, 6) is 0.152. The van der Waals surface area contributed by atoms with Crippen LogP contribution in [0.25, 0.3) is 0 Å². The third-order valence-corrected chi connectivity index (χ3v) is 2.36. The summed E-state index contributed by atoms with van der Waals surface area (Å²) in [6.07, 6.45) is 12.5. The van der Waals surface area contributed by atoms with Crippen LogP contribution in [0.4, 0.5) is 0 Å². The Labute approximate surface area is 92.0 Å². The van der Waals surface area contributed by atoms with Crippen molar-refractivity contribution < 1.29 is 4.79 Å². The molecule has 0 heterocycles. The first-order valence-electron chi connectivity index (χ1n) is 5.51. The van der Waals surface area contributed by atoms with E-state index in [0.29, 0.717) is 0 Å². The molecule has 2 nitrogen and oxygen atoms in total. The van der Waals surface area contributed by atoms with Gasteiger partial charge >= 0.3 is 0 Å². The maximum atomic E-state index is 11.4. The van der Waals surface area contributed by atoms with Crippen molar-refractivity contribution in [1.29, 1.82) is 0 Å². The molecule has 1 rings (SSSR count). The Bertz CT molecular complexity index is 300. The van der Waals surface area contributed by atoms with Crippen molar-refractivity contribution in [1.82, 2.24) is 4.90 Å². The molecule has 0 atom stereocenters. The fraction of sp³-hybridized carbons (Fsp3) is 0.462. The van der Waals surface area contributed by atoms with Gasteiger partial charge in [0.1, 0.15) is 0 Å². The van der Waals surface area contributed by atoms with Gasteiger partial charge in [0, 0.05) is 20.0 Å². The first-order chi connectivity index (χ1) is 7.24. The standard InChI is InChI=1S/C13H19NO/c1-3-10-14(12(2)15)11-13-8-6-4-5-7-9-13/h4,6-9H,3,5,10-11H2,1-2H3. The van der Waals surface area contributed by atoms with Crippen molar-refractivity contribution in [2.24, 2.45) is 0 Å². The fourth-order valence-electron chi connectivity index (χ4n) is 1.57. The second-order valence-corrected chi connectivity index (χ2v) is 3.75. The first kappa shape index (κ1) is 11.8. The quantitative estimate of drug-likeness (QED) is 0.691. The van der Waals surface area contributed by atoms with E-state index in [4.69, 9.17) is 0 Å². The number of nitrogens with zero attached hydrogens (tertiary/aromatic N) is 1. The summed E-state index contributed by atoms with van der Waals surface area (Å²) in [4.78, 5) is 13.2. The zero-order valence-corrected chi connectivity index (χ0v) is 9.57. The second-order valence-electron chi connectivity index (χ2n) is 3.75. The number of amides is 1. The molecule has 82 valence electrons. The molecule has 0 aliphatic heterocycles. The Kier molecular flexibility index (Phi) is 4.88. The summed E-state index contributed by atoms with van der Waals surface area (Å²) in [5, 5.41) is 0. The van der Waals surface area contributed by atoms with Gasteiger partial charge < -0.3 is 4.90 Å². The molecule has 0 radical (unpaired) electrons. The van der Waals surface area contributed by atoms with Crippen LogP contribution in [0.15, 0.2) is 36.0 Å².